The van der Waals surface area contributed by atoms with E-state index < -0.39 is 0 Å². The van der Waals surface area contributed by atoms with Crippen molar-refractivity contribution in [2.75, 3.05) is 0 Å². The second kappa shape index (κ2) is 4.22. The Kier molecular flexibility index (Phi) is 2.96. The maximum absolute atomic E-state index is 2.20. The van der Waals surface area contributed by atoms with Gasteiger partial charge in [0.15, 0.2) is 0 Å². The Morgan fingerprint density at radius 2 is 1.21 bits per heavy atom. The van der Waals surface area contributed by atoms with Crippen LogP contribution in [0.25, 0.3) is 10.6 Å². The van der Waals surface area contributed by atoms with E-state index in [2.05, 4.69) is 49.7 Å². The molecule has 0 N–H and O–H groups in total. The van der Waals surface area contributed by atoms with Crippen LogP contribution in [-0.4, -0.2) is 0 Å². The molecule has 0 bridgehead atoms. The van der Waals surface area contributed by atoms with Gasteiger partial charge in [-0.25, -0.2) is 0 Å². The minimum atomic E-state index is 1.33. The first-order chi connectivity index (χ1) is 6.79. The van der Waals surface area contributed by atoms with Crippen LogP contribution < -0.4 is 0 Å². The van der Waals surface area contributed by atoms with Gasteiger partial charge in [0, 0.05) is 10.6 Å². The van der Waals surface area contributed by atoms with Crippen LogP contribution in [-0.2, 0) is 0 Å². The zero-order valence-corrected chi connectivity index (χ0v) is 10.1. The van der Waals surface area contributed by atoms with Gasteiger partial charge in [-0.05, 0) is 36.6 Å². The fourth-order valence-corrected chi connectivity index (χ4v) is 3.61. The van der Waals surface area contributed by atoms with Crippen molar-refractivity contribution in [3.8, 4) is 10.6 Å². The van der Waals surface area contributed by atoms with Crippen molar-refractivity contribution in [2.45, 2.75) is 13.8 Å². The number of hydrogen-bond acceptors (Lipinski definition) is 0. The summed E-state index contributed by atoms with van der Waals surface area (Å²) in [4.78, 5) is 0. The molecular weight excluding hydrogens is 206 g/mol. The van der Waals surface area contributed by atoms with E-state index in [4.69, 9.17) is 0 Å². The first-order valence-electron chi connectivity index (χ1n) is 4.62. The van der Waals surface area contributed by atoms with Gasteiger partial charge in [0.25, 0.3) is 0 Å². The van der Waals surface area contributed by atoms with E-state index in [0.29, 0.717) is 0 Å². The second-order valence-corrected chi connectivity index (χ2v) is 5.34. The number of hydrogen-bond donors (Lipinski definition) is 0. The topological polar surface area (TPSA) is 0 Å². The van der Waals surface area contributed by atoms with E-state index in [1.807, 2.05) is 0 Å². The van der Waals surface area contributed by atoms with Gasteiger partial charge in [-0.2, -0.15) is 0 Å². The standard InChI is InChI=1S/C12H12P2/c1-9-5-3-7-13-11(9)12-10(2)6-4-8-14-12/h3-8H,1-2H3. The van der Waals surface area contributed by atoms with Crippen LogP contribution in [0.1, 0.15) is 11.1 Å². The molecule has 0 aliphatic carbocycles. The van der Waals surface area contributed by atoms with Gasteiger partial charge < -0.3 is 0 Å². The normalized spacial score (nSPS) is 11.3. The summed E-state index contributed by atoms with van der Waals surface area (Å²) in [6.45, 7) is 4.39. The average molecular weight is 218 g/mol. The monoisotopic (exact) mass is 218 g/mol. The molecule has 14 heavy (non-hydrogen) atoms. The van der Waals surface area contributed by atoms with Gasteiger partial charge in [0.2, 0.25) is 0 Å². The molecule has 0 saturated carbocycles. The summed E-state index contributed by atoms with van der Waals surface area (Å²) < 4.78 is 0. The van der Waals surface area contributed by atoms with Gasteiger partial charge >= 0.3 is 0 Å². The van der Waals surface area contributed by atoms with Crippen molar-refractivity contribution in [2.24, 2.45) is 0 Å². The minimum absolute atomic E-state index is 1.33. The molecule has 70 valence electrons. The third-order valence-corrected chi connectivity index (χ3v) is 4.73. The van der Waals surface area contributed by atoms with Crippen LogP contribution in [0.3, 0.4) is 0 Å². The lowest BCUT2D eigenvalue weighted by Gasteiger charge is -2.06. The molecule has 0 nitrogen and oxygen atoms in total. The van der Waals surface area contributed by atoms with Gasteiger partial charge in [-0.3, -0.25) is 0 Å². The van der Waals surface area contributed by atoms with E-state index in [-0.39, 0.29) is 0 Å². The van der Waals surface area contributed by atoms with Crippen LogP contribution in [0.15, 0.2) is 35.9 Å². The van der Waals surface area contributed by atoms with Gasteiger partial charge in [0.05, 0.1) is 0 Å². The van der Waals surface area contributed by atoms with E-state index in [1.54, 1.807) is 0 Å². The highest BCUT2D eigenvalue weighted by atomic mass is 31.0. The lowest BCUT2D eigenvalue weighted by molar-refractivity contribution is 1.48. The predicted octanol–water partition coefficient (Wildman–Crippen LogP) is 5.13. The fraction of sp³-hybridized carbons (Fsp3) is 0.167. The maximum atomic E-state index is 2.20. The highest BCUT2D eigenvalue weighted by molar-refractivity contribution is 7.39. The van der Waals surface area contributed by atoms with Gasteiger partial charge in [-0.15, -0.1) is 0 Å². The minimum Gasteiger partial charge on any atom is -0.0672 e. The molecule has 2 aromatic heterocycles. The summed E-state index contributed by atoms with van der Waals surface area (Å²) in [5, 5.41) is 2.96. The largest absolute Gasteiger partial charge is 0.0672 e. The first kappa shape index (κ1) is 9.84. The molecule has 0 unspecified atom stereocenters. The highest BCUT2D eigenvalue weighted by Crippen LogP contribution is 2.37. The quantitative estimate of drug-likeness (QED) is 0.622. The van der Waals surface area contributed by atoms with Crippen LogP contribution >= 0.6 is 16.4 Å². The summed E-state index contributed by atoms with van der Waals surface area (Å²) in [5.74, 6) is 4.41. The van der Waals surface area contributed by atoms with Crippen LogP contribution in [0.4, 0.5) is 0 Å². The predicted molar refractivity (Wildman–Crippen MR) is 66.4 cm³/mol. The van der Waals surface area contributed by atoms with Crippen molar-refractivity contribution in [1.29, 1.82) is 0 Å². The van der Waals surface area contributed by atoms with Crippen LogP contribution in [0.2, 0.25) is 0 Å². The fourth-order valence-electron chi connectivity index (χ4n) is 1.47. The molecule has 0 atom stereocenters. The summed E-state index contributed by atoms with van der Waals surface area (Å²) >= 11 is 0. The smallest absolute Gasteiger partial charge is 0.0168 e. The van der Waals surface area contributed by atoms with Crippen LogP contribution in [0.5, 0.6) is 0 Å². The molecule has 2 aromatic rings. The van der Waals surface area contributed by atoms with Crippen molar-refractivity contribution < 1.29 is 0 Å². The molecular formula is C12H12P2. The Balaban J connectivity index is 2.61. The maximum Gasteiger partial charge on any atom is 0.0168 e. The molecule has 2 heteroatoms. The Labute approximate surface area is 88.2 Å². The average Bonchev–Trinajstić information content (AvgIpc) is 2.20. The Morgan fingerprint density at radius 3 is 1.57 bits per heavy atom. The van der Waals surface area contributed by atoms with Crippen molar-refractivity contribution >= 4 is 16.4 Å². The third kappa shape index (κ3) is 1.87. The summed E-state index contributed by atoms with van der Waals surface area (Å²) in [6, 6.07) is 8.66. The summed E-state index contributed by atoms with van der Waals surface area (Å²) in [6.07, 6.45) is 0. The SMILES string of the molecule is Cc1cccpc1-c1pcccc1C. The van der Waals surface area contributed by atoms with E-state index in [0.717, 1.165) is 0 Å². The van der Waals surface area contributed by atoms with Gasteiger partial charge in [-0.1, -0.05) is 40.7 Å². The first-order valence-corrected chi connectivity index (χ1v) is 6.55. The van der Waals surface area contributed by atoms with E-state index in [9.17, 15) is 0 Å². The molecule has 0 saturated heterocycles. The zero-order chi connectivity index (χ0) is 9.97. The van der Waals surface area contributed by atoms with Gasteiger partial charge in [0.1, 0.15) is 0 Å². The summed E-state index contributed by atoms with van der Waals surface area (Å²) in [7, 11) is 2.67. The van der Waals surface area contributed by atoms with Crippen molar-refractivity contribution in [3.63, 3.8) is 0 Å². The number of rotatable bonds is 1. The molecule has 0 aliphatic heterocycles. The molecule has 2 heterocycles. The Hall–Kier alpha value is -0.700. The second-order valence-electron chi connectivity index (χ2n) is 3.34. The lowest BCUT2D eigenvalue weighted by Crippen LogP contribution is -1.79. The van der Waals surface area contributed by atoms with Crippen LogP contribution in [0, 0.1) is 13.8 Å². The molecule has 0 spiro atoms. The lowest BCUT2D eigenvalue weighted by atomic mass is 10.2. The molecule has 0 aromatic carbocycles. The Bertz CT molecular complexity index is 406. The molecule has 0 radical (unpaired) electrons. The van der Waals surface area contributed by atoms with Crippen molar-refractivity contribution in [1.82, 2.24) is 0 Å². The zero-order valence-electron chi connectivity index (χ0n) is 8.36. The molecule has 0 fully saturated rings. The third-order valence-electron chi connectivity index (χ3n) is 2.24. The molecule has 0 amide bonds. The van der Waals surface area contributed by atoms with E-state index in [1.165, 1.54) is 38.1 Å². The molecule has 0 aliphatic rings. The highest BCUT2D eigenvalue weighted by Gasteiger charge is 2.03. The molecule has 2 rings (SSSR count). The summed E-state index contributed by atoms with van der Waals surface area (Å²) in [5.41, 5.74) is 2.81. The van der Waals surface area contributed by atoms with Crippen molar-refractivity contribution in [3.05, 3.63) is 47.0 Å². The Morgan fingerprint density at radius 1 is 0.786 bits per heavy atom. The van der Waals surface area contributed by atoms with E-state index >= 15 is 0 Å². The number of aryl methyl sites for hydroxylation is 2.